The van der Waals surface area contributed by atoms with Crippen LogP contribution < -0.4 is 5.73 Å². The Balaban J connectivity index is 2.26. The van der Waals surface area contributed by atoms with Crippen molar-refractivity contribution < 1.29 is 4.39 Å². The smallest absolute Gasteiger partial charge is 0.126 e. The van der Waals surface area contributed by atoms with Crippen molar-refractivity contribution in [2.75, 3.05) is 6.54 Å². The second-order valence-electron chi connectivity index (χ2n) is 4.25. The molecule has 2 rings (SSSR count). The van der Waals surface area contributed by atoms with Crippen LogP contribution in [0.4, 0.5) is 4.39 Å². The molecular formula is C15H15BrFN. The molecule has 1 atom stereocenters. The Kier molecular flexibility index (Phi) is 4.50. The minimum atomic E-state index is -0.164. The molecule has 0 aliphatic carbocycles. The Morgan fingerprint density at radius 2 is 1.72 bits per heavy atom. The lowest BCUT2D eigenvalue weighted by atomic mass is 9.92. The molecule has 0 saturated heterocycles. The van der Waals surface area contributed by atoms with E-state index >= 15 is 0 Å². The molecule has 0 saturated carbocycles. The molecule has 2 aromatic rings. The van der Waals surface area contributed by atoms with Crippen molar-refractivity contribution in [2.24, 2.45) is 5.73 Å². The summed E-state index contributed by atoms with van der Waals surface area (Å²) in [6, 6.07) is 14.8. The SMILES string of the molecule is NCC(Cc1ccccc1F)c1ccccc1Br. The number of nitrogens with two attached hydrogens (primary N) is 1. The fourth-order valence-corrected chi connectivity index (χ4v) is 2.66. The van der Waals surface area contributed by atoms with Gasteiger partial charge >= 0.3 is 0 Å². The van der Waals surface area contributed by atoms with Crippen LogP contribution >= 0.6 is 15.9 Å². The molecular weight excluding hydrogens is 293 g/mol. The summed E-state index contributed by atoms with van der Waals surface area (Å²) in [5.41, 5.74) is 7.67. The van der Waals surface area contributed by atoms with E-state index in [1.807, 2.05) is 36.4 Å². The quantitative estimate of drug-likeness (QED) is 0.911. The molecule has 0 aliphatic rings. The van der Waals surface area contributed by atoms with E-state index in [-0.39, 0.29) is 11.7 Å². The zero-order valence-corrected chi connectivity index (χ0v) is 11.5. The molecule has 0 radical (unpaired) electrons. The van der Waals surface area contributed by atoms with Crippen molar-refractivity contribution in [3.8, 4) is 0 Å². The molecule has 1 nitrogen and oxygen atoms in total. The van der Waals surface area contributed by atoms with Gasteiger partial charge in [-0.25, -0.2) is 4.39 Å². The van der Waals surface area contributed by atoms with Crippen LogP contribution in [-0.4, -0.2) is 6.54 Å². The standard InChI is InChI=1S/C15H15BrFN/c16-14-7-3-2-6-13(14)12(10-18)9-11-5-1-4-8-15(11)17/h1-8,12H,9-10,18H2. The van der Waals surface area contributed by atoms with Gasteiger partial charge in [-0.05, 0) is 36.2 Å². The average molecular weight is 308 g/mol. The third-order valence-electron chi connectivity index (χ3n) is 3.05. The van der Waals surface area contributed by atoms with Gasteiger partial charge in [0.25, 0.3) is 0 Å². The van der Waals surface area contributed by atoms with E-state index in [2.05, 4.69) is 15.9 Å². The molecule has 0 amide bonds. The number of rotatable bonds is 4. The third kappa shape index (κ3) is 2.98. The highest BCUT2D eigenvalue weighted by Gasteiger charge is 2.15. The molecule has 0 spiro atoms. The Bertz CT molecular complexity index is 527. The molecule has 0 heterocycles. The van der Waals surface area contributed by atoms with Crippen LogP contribution in [0.25, 0.3) is 0 Å². The van der Waals surface area contributed by atoms with Crippen molar-refractivity contribution in [1.82, 2.24) is 0 Å². The van der Waals surface area contributed by atoms with E-state index in [1.165, 1.54) is 6.07 Å². The van der Waals surface area contributed by atoms with Gasteiger partial charge in [0.2, 0.25) is 0 Å². The first-order valence-electron chi connectivity index (χ1n) is 5.90. The van der Waals surface area contributed by atoms with E-state index in [4.69, 9.17) is 5.73 Å². The van der Waals surface area contributed by atoms with E-state index < -0.39 is 0 Å². The van der Waals surface area contributed by atoms with Gasteiger partial charge in [0, 0.05) is 10.4 Å². The summed E-state index contributed by atoms with van der Waals surface area (Å²) in [6.45, 7) is 0.497. The molecule has 94 valence electrons. The number of hydrogen-bond acceptors (Lipinski definition) is 1. The van der Waals surface area contributed by atoms with Crippen LogP contribution in [0.2, 0.25) is 0 Å². The fraction of sp³-hybridized carbons (Fsp3) is 0.200. The summed E-state index contributed by atoms with van der Waals surface area (Å²) in [6.07, 6.45) is 0.617. The Labute approximate surface area is 115 Å². The summed E-state index contributed by atoms with van der Waals surface area (Å²) in [5, 5.41) is 0. The highest BCUT2D eigenvalue weighted by Crippen LogP contribution is 2.27. The highest BCUT2D eigenvalue weighted by atomic mass is 79.9. The van der Waals surface area contributed by atoms with Crippen LogP contribution in [0.5, 0.6) is 0 Å². The van der Waals surface area contributed by atoms with Crippen LogP contribution in [-0.2, 0) is 6.42 Å². The molecule has 0 aliphatic heterocycles. The summed E-state index contributed by atoms with van der Waals surface area (Å²) in [5.74, 6) is -0.0412. The number of halogens is 2. The summed E-state index contributed by atoms with van der Waals surface area (Å²) in [4.78, 5) is 0. The molecule has 1 unspecified atom stereocenters. The Morgan fingerprint density at radius 1 is 1.06 bits per heavy atom. The maximum Gasteiger partial charge on any atom is 0.126 e. The topological polar surface area (TPSA) is 26.0 Å². The summed E-state index contributed by atoms with van der Waals surface area (Å²) in [7, 11) is 0. The first-order chi connectivity index (χ1) is 8.72. The van der Waals surface area contributed by atoms with Crippen LogP contribution in [0, 0.1) is 5.82 Å². The van der Waals surface area contributed by atoms with Gasteiger partial charge in [-0.1, -0.05) is 52.3 Å². The second kappa shape index (κ2) is 6.12. The van der Waals surface area contributed by atoms with Gasteiger partial charge in [0.15, 0.2) is 0 Å². The predicted molar refractivity (Wildman–Crippen MR) is 76.0 cm³/mol. The second-order valence-corrected chi connectivity index (χ2v) is 5.10. The lowest BCUT2D eigenvalue weighted by Crippen LogP contribution is -2.16. The van der Waals surface area contributed by atoms with Crippen molar-refractivity contribution >= 4 is 15.9 Å². The normalized spacial score (nSPS) is 12.4. The lowest BCUT2D eigenvalue weighted by Gasteiger charge is -2.17. The maximum atomic E-state index is 13.7. The van der Waals surface area contributed by atoms with Crippen molar-refractivity contribution in [1.29, 1.82) is 0 Å². The zero-order valence-electron chi connectivity index (χ0n) is 9.94. The van der Waals surface area contributed by atoms with Gasteiger partial charge < -0.3 is 5.73 Å². The lowest BCUT2D eigenvalue weighted by molar-refractivity contribution is 0.590. The molecule has 3 heteroatoms. The zero-order chi connectivity index (χ0) is 13.0. The van der Waals surface area contributed by atoms with E-state index in [0.717, 1.165) is 10.0 Å². The van der Waals surface area contributed by atoms with E-state index in [0.29, 0.717) is 18.5 Å². The largest absolute Gasteiger partial charge is 0.330 e. The number of benzene rings is 2. The number of hydrogen-bond donors (Lipinski definition) is 1. The molecule has 0 aromatic heterocycles. The first kappa shape index (κ1) is 13.2. The van der Waals surface area contributed by atoms with Crippen molar-refractivity contribution in [2.45, 2.75) is 12.3 Å². The fourth-order valence-electron chi connectivity index (χ4n) is 2.06. The van der Waals surface area contributed by atoms with Crippen molar-refractivity contribution in [3.05, 3.63) is 69.9 Å². The average Bonchev–Trinajstić information content (AvgIpc) is 2.39. The van der Waals surface area contributed by atoms with E-state index in [1.54, 1.807) is 6.07 Å². The van der Waals surface area contributed by atoms with Gasteiger partial charge in [-0.2, -0.15) is 0 Å². The summed E-state index contributed by atoms with van der Waals surface area (Å²) < 4.78 is 14.7. The first-order valence-corrected chi connectivity index (χ1v) is 6.69. The highest BCUT2D eigenvalue weighted by molar-refractivity contribution is 9.10. The molecule has 2 N–H and O–H groups in total. The van der Waals surface area contributed by atoms with Gasteiger partial charge in [-0.15, -0.1) is 0 Å². The van der Waals surface area contributed by atoms with Crippen molar-refractivity contribution in [3.63, 3.8) is 0 Å². The van der Waals surface area contributed by atoms with Gasteiger partial charge in [0.05, 0.1) is 0 Å². The van der Waals surface area contributed by atoms with Crippen LogP contribution in [0.15, 0.2) is 53.0 Å². The molecule has 2 aromatic carbocycles. The third-order valence-corrected chi connectivity index (χ3v) is 3.78. The summed E-state index contributed by atoms with van der Waals surface area (Å²) >= 11 is 3.52. The van der Waals surface area contributed by atoms with E-state index in [9.17, 15) is 4.39 Å². The van der Waals surface area contributed by atoms with Crippen LogP contribution in [0.1, 0.15) is 17.0 Å². The molecule has 18 heavy (non-hydrogen) atoms. The molecule has 0 fully saturated rings. The maximum absolute atomic E-state index is 13.7. The van der Waals surface area contributed by atoms with Gasteiger partial charge in [0.1, 0.15) is 5.82 Å². The predicted octanol–water partition coefficient (Wildman–Crippen LogP) is 3.87. The minimum Gasteiger partial charge on any atom is -0.330 e. The molecule has 0 bridgehead atoms. The Morgan fingerprint density at radius 3 is 2.39 bits per heavy atom. The van der Waals surface area contributed by atoms with Crippen LogP contribution in [0.3, 0.4) is 0 Å². The minimum absolute atomic E-state index is 0.123. The monoisotopic (exact) mass is 307 g/mol. The van der Waals surface area contributed by atoms with Gasteiger partial charge in [-0.3, -0.25) is 0 Å². The Hall–Kier alpha value is -1.19.